The Labute approximate surface area is 109 Å². The normalized spacial score (nSPS) is 28.3. The molecule has 3 unspecified atom stereocenters. The SMILES string of the molecule is CC1CC(C(O)Cc2ccc3c(c2)CCC3)CO1. The van der Waals surface area contributed by atoms with Crippen LogP contribution in [0.4, 0.5) is 0 Å². The lowest BCUT2D eigenvalue weighted by Gasteiger charge is -2.17. The van der Waals surface area contributed by atoms with Gasteiger partial charge in [-0.3, -0.25) is 0 Å². The second-order valence-electron chi connectivity index (χ2n) is 5.87. The molecule has 0 bridgehead atoms. The van der Waals surface area contributed by atoms with Crippen molar-refractivity contribution in [2.75, 3.05) is 6.61 Å². The zero-order valence-electron chi connectivity index (χ0n) is 11.1. The van der Waals surface area contributed by atoms with Crippen LogP contribution in [-0.4, -0.2) is 23.9 Å². The first-order chi connectivity index (χ1) is 8.72. The fourth-order valence-corrected chi connectivity index (χ4v) is 3.28. The zero-order valence-corrected chi connectivity index (χ0v) is 11.1. The lowest BCUT2D eigenvalue weighted by atomic mass is 9.93. The third-order valence-electron chi connectivity index (χ3n) is 4.38. The van der Waals surface area contributed by atoms with Crippen LogP contribution in [0.2, 0.25) is 0 Å². The van der Waals surface area contributed by atoms with Gasteiger partial charge < -0.3 is 9.84 Å². The number of aliphatic hydroxyl groups is 1. The molecular formula is C16H22O2. The highest BCUT2D eigenvalue weighted by Crippen LogP contribution is 2.27. The van der Waals surface area contributed by atoms with E-state index in [1.165, 1.54) is 36.0 Å². The molecule has 1 fully saturated rings. The van der Waals surface area contributed by atoms with Gasteiger partial charge in [-0.05, 0) is 55.7 Å². The average molecular weight is 246 g/mol. The van der Waals surface area contributed by atoms with Crippen LogP contribution in [-0.2, 0) is 24.0 Å². The molecule has 1 saturated heterocycles. The number of hydrogen-bond donors (Lipinski definition) is 1. The van der Waals surface area contributed by atoms with E-state index in [4.69, 9.17) is 4.74 Å². The molecule has 1 aliphatic carbocycles. The van der Waals surface area contributed by atoms with Gasteiger partial charge in [0.2, 0.25) is 0 Å². The van der Waals surface area contributed by atoms with Gasteiger partial charge in [-0.2, -0.15) is 0 Å². The Morgan fingerprint density at radius 1 is 1.33 bits per heavy atom. The quantitative estimate of drug-likeness (QED) is 0.888. The largest absolute Gasteiger partial charge is 0.392 e. The Kier molecular flexibility index (Phi) is 3.40. The van der Waals surface area contributed by atoms with Crippen LogP contribution in [0.25, 0.3) is 0 Å². The van der Waals surface area contributed by atoms with Gasteiger partial charge in [0.05, 0.1) is 18.8 Å². The summed E-state index contributed by atoms with van der Waals surface area (Å²) in [4.78, 5) is 0. The van der Waals surface area contributed by atoms with Crippen molar-refractivity contribution in [1.29, 1.82) is 0 Å². The average Bonchev–Trinajstić information content (AvgIpc) is 2.96. The van der Waals surface area contributed by atoms with Crippen molar-refractivity contribution in [3.63, 3.8) is 0 Å². The van der Waals surface area contributed by atoms with Crippen LogP contribution in [0.1, 0.15) is 36.5 Å². The predicted molar refractivity (Wildman–Crippen MR) is 71.7 cm³/mol. The number of hydrogen-bond acceptors (Lipinski definition) is 2. The number of aliphatic hydroxyl groups excluding tert-OH is 1. The first-order valence-electron chi connectivity index (χ1n) is 7.12. The Bertz CT molecular complexity index is 427. The molecule has 0 amide bonds. The number of benzene rings is 1. The maximum atomic E-state index is 10.3. The summed E-state index contributed by atoms with van der Waals surface area (Å²) < 4.78 is 5.54. The summed E-state index contributed by atoms with van der Waals surface area (Å²) in [5.74, 6) is 0.313. The van der Waals surface area contributed by atoms with Gasteiger partial charge in [0.1, 0.15) is 0 Å². The van der Waals surface area contributed by atoms with E-state index in [-0.39, 0.29) is 6.10 Å². The molecule has 1 aromatic carbocycles. The number of ether oxygens (including phenoxy) is 1. The maximum absolute atomic E-state index is 10.3. The van der Waals surface area contributed by atoms with Crippen molar-refractivity contribution in [3.05, 3.63) is 34.9 Å². The minimum atomic E-state index is -0.255. The van der Waals surface area contributed by atoms with E-state index in [0.717, 1.165) is 12.8 Å². The first-order valence-corrected chi connectivity index (χ1v) is 7.12. The highest BCUT2D eigenvalue weighted by molar-refractivity contribution is 5.35. The van der Waals surface area contributed by atoms with Gasteiger partial charge in [-0.15, -0.1) is 0 Å². The molecule has 1 N–H and O–H groups in total. The minimum Gasteiger partial charge on any atom is -0.392 e. The molecule has 1 heterocycles. The van der Waals surface area contributed by atoms with Crippen LogP contribution >= 0.6 is 0 Å². The Balaban J connectivity index is 1.65. The molecular weight excluding hydrogens is 224 g/mol. The fourth-order valence-electron chi connectivity index (χ4n) is 3.28. The third-order valence-corrected chi connectivity index (χ3v) is 4.38. The fraction of sp³-hybridized carbons (Fsp3) is 0.625. The Morgan fingerprint density at radius 2 is 2.17 bits per heavy atom. The monoisotopic (exact) mass is 246 g/mol. The van der Waals surface area contributed by atoms with E-state index in [2.05, 4.69) is 25.1 Å². The second kappa shape index (κ2) is 5.02. The Morgan fingerprint density at radius 3 is 2.94 bits per heavy atom. The lowest BCUT2D eigenvalue weighted by Crippen LogP contribution is -2.23. The summed E-state index contributed by atoms with van der Waals surface area (Å²) in [5.41, 5.74) is 4.28. The summed E-state index contributed by atoms with van der Waals surface area (Å²) in [6.45, 7) is 2.80. The number of rotatable bonds is 3. The molecule has 3 atom stereocenters. The van der Waals surface area contributed by atoms with Crippen molar-refractivity contribution >= 4 is 0 Å². The first kappa shape index (κ1) is 12.2. The number of aryl methyl sites for hydroxylation is 2. The molecule has 1 aliphatic heterocycles. The van der Waals surface area contributed by atoms with Crippen LogP contribution in [0.15, 0.2) is 18.2 Å². The van der Waals surface area contributed by atoms with Crippen molar-refractivity contribution in [3.8, 4) is 0 Å². The highest BCUT2D eigenvalue weighted by atomic mass is 16.5. The highest BCUT2D eigenvalue weighted by Gasteiger charge is 2.28. The maximum Gasteiger partial charge on any atom is 0.0631 e. The molecule has 18 heavy (non-hydrogen) atoms. The van der Waals surface area contributed by atoms with Gasteiger partial charge in [-0.1, -0.05) is 18.2 Å². The van der Waals surface area contributed by atoms with Crippen LogP contribution in [0.5, 0.6) is 0 Å². The Hall–Kier alpha value is -0.860. The molecule has 1 aromatic rings. The lowest BCUT2D eigenvalue weighted by molar-refractivity contribution is 0.0807. The number of fused-ring (bicyclic) bond motifs is 1. The molecule has 2 aliphatic rings. The standard InChI is InChI=1S/C16H22O2/c1-11-7-15(10-18-11)16(17)9-12-5-6-13-3-2-4-14(13)8-12/h5-6,8,11,15-17H,2-4,7,9-10H2,1H3. The van der Waals surface area contributed by atoms with Crippen molar-refractivity contribution in [2.24, 2.45) is 5.92 Å². The van der Waals surface area contributed by atoms with Crippen molar-refractivity contribution in [1.82, 2.24) is 0 Å². The van der Waals surface area contributed by atoms with Crippen LogP contribution in [0.3, 0.4) is 0 Å². The smallest absolute Gasteiger partial charge is 0.0631 e. The molecule has 0 spiro atoms. The third kappa shape index (κ3) is 2.45. The van der Waals surface area contributed by atoms with Gasteiger partial charge in [-0.25, -0.2) is 0 Å². The molecule has 98 valence electrons. The van der Waals surface area contributed by atoms with E-state index in [1.54, 1.807) is 0 Å². The van der Waals surface area contributed by atoms with E-state index in [1.807, 2.05) is 0 Å². The van der Waals surface area contributed by atoms with Gasteiger partial charge in [0.15, 0.2) is 0 Å². The van der Waals surface area contributed by atoms with E-state index < -0.39 is 0 Å². The summed E-state index contributed by atoms with van der Waals surface area (Å²) >= 11 is 0. The summed E-state index contributed by atoms with van der Waals surface area (Å²) in [7, 11) is 0. The summed E-state index contributed by atoms with van der Waals surface area (Å²) in [5, 5.41) is 10.3. The topological polar surface area (TPSA) is 29.5 Å². The van der Waals surface area contributed by atoms with E-state index in [9.17, 15) is 5.11 Å². The second-order valence-corrected chi connectivity index (χ2v) is 5.87. The van der Waals surface area contributed by atoms with E-state index in [0.29, 0.717) is 18.6 Å². The van der Waals surface area contributed by atoms with Crippen molar-refractivity contribution < 1.29 is 9.84 Å². The molecule has 3 rings (SSSR count). The molecule has 2 heteroatoms. The molecule has 0 aromatic heterocycles. The van der Waals surface area contributed by atoms with Gasteiger partial charge in [0, 0.05) is 5.92 Å². The van der Waals surface area contributed by atoms with Crippen molar-refractivity contribution in [2.45, 2.75) is 51.2 Å². The zero-order chi connectivity index (χ0) is 12.5. The molecule has 0 saturated carbocycles. The molecule has 2 nitrogen and oxygen atoms in total. The van der Waals surface area contributed by atoms with Gasteiger partial charge >= 0.3 is 0 Å². The summed E-state index contributed by atoms with van der Waals surface area (Å²) in [6, 6.07) is 6.73. The van der Waals surface area contributed by atoms with Crippen LogP contribution in [0, 0.1) is 5.92 Å². The van der Waals surface area contributed by atoms with Gasteiger partial charge in [0.25, 0.3) is 0 Å². The van der Waals surface area contributed by atoms with Crippen LogP contribution < -0.4 is 0 Å². The minimum absolute atomic E-state index is 0.255. The molecule has 0 radical (unpaired) electrons. The predicted octanol–water partition coefficient (Wildman–Crippen LogP) is 2.50. The summed E-state index contributed by atoms with van der Waals surface area (Å²) in [6.07, 6.45) is 5.55. The van der Waals surface area contributed by atoms with E-state index >= 15 is 0 Å².